The van der Waals surface area contributed by atoms with Crippen molar-refractivity contribution in [1.29, 1.82) is 0 Å². The number of carbonyl (C=O) groups is 1. The zero-order valence-electron chi connectivity index (χ0n) is 15.9. The number of hydrogen-bond acceptors (Lipinski definition) is 3. The summed E-state index contributed by atoms with van der Waals surface area (Å²) in [4.78, 5) is 14.9. The Morgan fingerprint density at radius 2 is 1.82 bits per heavy atom. The summed E-state index contributed by atoms with van der Waals surface area (Å²) in [5.74, 6) is 0.0327. The fourth-order valence-electron chi connectivity index (χ4n) is 3.51. The van der Waals surface area contributed by atoms with Crippen LogP contribution in [0.15, 0.2) is 59.1 Å². The summed E-state index contributed by atoms with van der Waals surface area (Å²) in [6, 6.07) is 17.7. The number of benzene rings is 2. The molecule has 1 saturated heterocycles. The maximum Gasteiger partial charge on any atom is 0.254 e. The average Bonchev–Trinajstić information content (AvgIpc) is 3.01. The Labute approximate surface area is 173 Å². The van der Waals surface area contributed by atoms with E-state index in [1.54, 1.807) is 0 Å². The zero-order chi connectivity index (χ0) is 19.7. The Morgan fingerprint density at radius 1 is 1.11 bits per heavy atom. The van der Waals surface area contributed by atoms with Crippen molar-refractivity contribution >= 4 is 21.8 Å². The minimum absolute atomic E-state index is 0.0327. The van der Waals surface area contributed by atoms with Crippen molar-refractivity contribution in [2.45, 2.75) is 20.0 Å². The Hall–Kier alpha value is -2.44. The molecule has 4 rings (SSSR count). The highest BCUT2D eigenvalue weighted by Gasteiger charge is 2.26. The van der Waals surface area contributed by atoms with Crippen LogP contribution in [0.3, 0.4) is 0 Å². The number of rotatable bonds is 3. The van der Waals surface area contributed by atoms with Crippen LogP contribution in [-0.2, 0) is 4.74 Å². The van der Waals surface area contributed by atoms with Crippen LogP contribution in [-0.4, -0.2) is 40.3 Å². The number of aromatic nitrogens is 2. The third-order valence-corrected chi connectivity index (χ3v) is 6.23. The van der Waals surface area contributed by atoms with Crippen LogP contribution in [0.25, 0.3) is 5.69 Å². The summed E-state index contributed by atoms with van der Waals surface area (Å²) in [7, 11) is 0. The highest BCUT2D eigenvalue weighted by molar-refractivity contribution is 9.10. The first-order valence-corrected chi connectivity index (χ1v) is 10.1. The summed E-state index contributed by atoms with van der Waals surface area (Å²) in [5.41, 5.74) is 4.70. The van der Waals surface area contributed by atoms with Crippen LogP contribution in [0.2, 0.25) is 0 Å². The Bertz CT molecular complexity index is 983. The van der Waals surface area contributed by atoms with E-state index in [1.165, 1.54) is 0 Å². The Kier molecular flexibility index (Phi) is 5.33. The first-order valence-electron chi connectivity index (χ1n) is 9.32. The molecule has 2 aromatic carbocycles. The van der Waals surface area contributed by atoms with E-state index in [1.807, 2.05) is 78.0 Å². The average molecular weight is 440 g/mol. The summed E-state index contributed by atoms with van der Waals surface area (Å²) in [5, 5.41) is 4.55. The van der Waals surface area contributed by atoms with Gasteiger partial charge in [-0.3, -0.25) is 4.79 Å². The van der Waals surface area contributed by atoms with Crippen molar-refractivity contribution in [3.05, 3.63) is 81.6 Å². The zero-order valence-corrected chi connectivity index (χ0v) is 17.5. The van der Waals surface area contributed by atoms with Crippen LogP contribution in [0.5, 0.6) is 0 Å². The van der Waals surface area contributed by atoms with Crippen LogP contribution >= 0.6 is 15.9 Å². The standard InChI is InChI=1S/C22H22BrN3O2/c1-15-21(23)16(2)26(24-15)19-10-8-18(9-11-19)22(27)25-12-13-28-20(14-25)17-6-4-3-5-7-17/h3-11,20H,12-14H2,1-2H3/t20-/m1/s1. The van der Waals surface area contributed by atoms with Gasteiger partial charge in [0, 0.05) is 12.1 Å². The first kappa shape index (κ1) is 18.9. The third kappa shape index (κ3) is 3.62. The van der Waals surface area contributed by atoms with Gasteiger partial charge in [-0.05, 0) is 59.6 Å². The fourth-order valence-corrected chi connectivity index (χ4v) is 3.75. The van der Waals surface area contributed by atoms with Crippen LogP contribution < -0.4 is 0 Å². The number of amides is 1. The van der Waals surface area contributed by atoms with E-state index in [-0.39, 0.29) is 12.0 Å². The maximum absolute atomic E-state index is 13.0. The van der Waals surface area contributed by atoms with E-state index in [9.17, 15) is 4.79 Å². The normalized spacial score (nSPS) is 17.0. The number of aryl methyl sites for hydroxylation is 1. The largest absolute Gasteiger partial charge is 0.370 e. The van der Waals surface area contributed by atoms with Crippen LogP contribution in [0.1, 0.15) is 33.4 Å². The molecule has 1 aliphatic rings. The van der Waals surface area contributed by atoms with Crippen molar-refractivity contribution in [2.24, 2.45) is 0 Å². The molecule has 1 aliphatic heterocycles. The molecule has 1 amide bonds. The summed E-state index contributed by atoms with van der Waals surface area (Å²) in [6.45, 7) is 5.69. The fraction of sp³-hybridized carbons (Fsp3) is 0.273. The lowest BCUT2D eigenvalue weighted by Crippen LogP contribution is -2.42. The molecule has 1 aromatic heterocycles. The monoisotopic (exact) mass is 439 g/mol. The minimum atomic E-state index is -0.0785. The number of hydrogen-bond donors (Lipinski definition) is 0. The highest BCUT2D eigenvalue weighted by Crippen LogP contribution is 2.25. The summed E-state index contributed by atoms with van der Waals surface area (Å²) in [6.07, 6.45) is -0.0785. The number of ether oxygens (including phenoxy) is 1. The molecule has 0 radical (unpaired) electrons. The molecular weight excluding hydrogens is 418 g/mol. The lowest BCUT2D eigenvalue weighted by Gasteiger charge is -2.33. The molecule has 5 nitrogen and oxygen atoms in total. The van der Waals surface area contributed by atoms with Crippen molar-refractivity contribution in [3.63, 3.8) is 0 Å². The predicted octanol–water partition coefficient (Wildman–Crippen LogP) is 4.47. The van der Waals surface area contributed by atoms with Gasteiger partial charge in [0.15, 0.2) is 0 Å². The van der Waals surface area contributed by atoms with Crippen molar-refractivity contribution in [1.82, 2.24) is 14.7 Å². The molecular formula is C22H22BrN3O2. The first-order chi connectivity index (χ1) is 13.5. The second kappa shape index (κ2) is 7.89. The van der Waals surface area contributed by atoms with E-state index < -0.39 is 0 Å². The van der Waals surface area contributed by atoms with E-state index in [0.29, 0.717) is 25.3 Å². The molecule has 1 atom stereocenters. The van der Waals surface area contributed by atoms with Gasteiger partial charge in [0.1, 0.15) is 6.10 Å². The highest BCUT2D eigenvalue weighted by atomic mass is 79.9. The van der Waals surface area contributed by atoms with Gasteiger partial charge < -0.3 is 9.64 Å². The molecule has 28 heavy (non-hydrogen) atoms. The summed E-state index contributed by atoms with van der Waals surface area (Å²) < 4.78 is 8.76. The molecule has 1 fully saturated rings. The smallest absolute Gasteiger partial charge is 0.254 e. The topological polar surface area (TPSA) is 47.4 Å². The van der Waals surface area contributed by atoms with Crippen molar-refractivity contribution in [3.8, 4) is 5.69 Å². The van der Waals surface area contributed by atoms with Gasteiger partial charge in [-0.2, -0.15) is 5.10 Å². The minimum Gasteiger partial charge on any atom is -0.370 e. The third-order valence-electron chi connectivity index (χ3n) is 5.09. The quantitative estimate of drug-likeness (QED) is 0.604. The SMILES string of the molecule is Cc1nn(-c2ccc(C(=O)N3CCO[C@@H](c4ccccc4)C3)cc2)c(C)c1Br. The van der Waals surface area contributed by atoms with E-state index in [2.05, 4.69) is 21.0 Å². The maximum atomic E-state index is 13.0. The Morgan fingerprint density at radius 3 is 2.46 bits per heavy atom. The van der Waals surface area contributed by atoms with Gasteiger partial charge in [0.25, 0.3) is 5.91 Å². The van der Waals surface area contributed by atoms with Gasteiger partial charge in [-0.15, -0.1) is 0 Å². The molecule has 0 N–H and O–H groups in total. The van der Waals surface area contributed by atoms with Crippen LogP contribution in [0.4, 0.5) is 0 Å². The molecule has 0 unspecified atom stereocenters. The van der Waals surface area contributed by atoms with E-state index in [4.69, 9.17) is 4.74 Å². The van der Waals surface area contributed by atoms with Gasteiger partial charge in [-0.25, -0.2) is 4.68 Å². The number of halogens is 1. The number of nitrogens with zero attached hydrogens (tertiary/aromatic N) is 3. The number of carbonyl (C=O) groups excluding carboxylic acids is 1. The van der Waals surface area contributed by atoms with Gasteiger partial charge in [0.2, 0.25) is 0 Å². The Balaban J connectivity index is 1.51. The molecule has 0 spiro atoms. The number of morpholine rings is 1. The van der Waals surface area contributed by atoms with E-state index >= 15 is 0 Å². The molecule has 0 bridgehead atoms. The van der Waals surface area contributed by atoms with Gasteiger partial charge in [0.05, 0.1) is 34.7 Å². The molecule has 6 heteroatoms. The predicted molar refractivity (Wildman–Crippen MR) is 112 cm³/mol. The van der Waals surface area contributed by atoms with Crippen molar-refractivity contribution < 1.29 is 9.53 Å². The molecule has 2 heterocycles. The van der Waals surface area contributed by atoms with E-state index in [0.717, 1.165) is 27.1 Å². The summed E-state index contributed by atoms with van der Waals surface area (Å²) >= 11 is 3.56. The lowest BCUT2D eigenvalue weighted by atomic mass is 10.1. The van der Waals surface area contributed by atoms with Gasteiger partial charge >= 0.3 is 0 Å². The molecule has 0 saturated carbocycles. The molecule has 0 aliphatic carbocycles. The lowest BCUT2D eigenvalue weighted by molar-refractivity contribution is -0.0228. The van der Waals surface area contributed by atoms with Gasteiger partial charge in [-0.1, -0.05) is 30.3 Å². The second-order valence-electron chi connectivity index (χ2n) is 6.96. The molecule has 3 aromatic rings. The molecule has 144 valence electrons. The second-order valence-corrected chi connectivity index (χ2v) is 7.76. The van der Waals surface area contributed by atoms with Crippen LogP contribution in [0, 0.1) is 13.8 Å². The van der Waals surface area contributed by atoms with Crippen molar-refractivity contribution in [2.75, 3.05) is 19.7 Å².